The summed E-state index contributed by atoms with van der Waals surface area (Å²) < 4.78 is 9.83. The molecule has 15 heavy (non-hydrogen) atoms. The monoisotopic (exact) mass is 208 g/mol. The van der Waals surface area contributed by atoms with Gasteiger partial charge in [0.25, 0.3) is 0 Å². The van der Waals surface area contributed by atoms with E-state index in [9.17, 15) is 4.79 Å². The molecule has 3 nitrogen and oxygen atoms in total. The molecule has 0 aliphatic heterocycles. The number of hydrogen-bond donors (Lipinski definition) is 0. The summed E-state index contributed by atoms with van der Waals surface area (Å²) in [6.45, 7) is 4.56. The molecule has 1 aromatic rings. The van der Waals surface area contributed by atoms with Crippen LogP contribution >= 0.6 is 0 Å². The standard InChI is InChI=1S/C12H16O3/c1-10(2)8-9-14-12(13)15-11-6-4-3-5-7-11/h3-7,10H,8-9H2,1-2H3. The zero-order chi connectivity index (χ0) is 11.1. The molecule has 0 atom stereocenters. The zero-order valence-electron chi connectivity index (χ0n) is 9.10. The van der Waals surface area contributed by atoms with Crippen LogP contribution in [0, 0.1) is 5.92 Å². The minimum atomic E-state index is -0.637. The Morgan fingerprint density at radius 1 is 1.27 bits per heavy atom. The second-order valence-electron chi connectivity index (χ2n) is 3.70. The van der Waals surface area contributed by atoms with Crippen molar-refractivity contribution in [2.45, 2.75) is 20.3 Å². The molecule has 0 aliphatic carbocycles. The highest BCUT2D eigenvalue weighted by atomic mass is 16.7. The molecule has 0 N–H and O–H groups in total. The first-order chi connectivity index (χ1) is 7.18. The Kier molecular flexibility index (Phi) is 4.68. The van der Waals surface area contributed by atoms with E-state index in [1.807, 2.05) is 6.07 Å². The van der Waals surface area contributed by atoms with Crippen LogP contribution in [0.1, 0.15) is 20.3 Å². The van der Waals surface area contributed by atoms with Gasteiger partial charge in [-0.2, -0.15) is 0 Å². The van der Waals surface area contributed by atoms with Crippen LogP contribution in [0.4, 0.5) is 4.79 Å². The highest BCUT2D eigenvalue weighted by Crippen LogP contribution is 2.09. The SMILES string of the molecule is CC(C)CCOC(=O)Oc1ccccc1. The molecule has 0 unspecified atom stereocenters. The Morgan fingerprint density at radius 3 is 2.53 bits per heavy atom. The van der Waals surface area contributed by atoms with Gasteiger partial charge in [-0.15, -0.1) is 0 Å². The van der Waals surface area contributed by atoms with Gasteiger partial charge in [0.2, 0.25) is 0 Å². The first-order valence-electron chi connectivity index (χ1n) is 5.08. The maximum Gasteiger partial charge on any atom is 0.513 e. The van der Waals surface area contributed by atoms with E-state index in [4.69, 9.17) is 9.47 Å². The van der Waals surface area contributed by atoms with Crippen LogP contribution in [0.3, 0.4) is 0 Å². The lowest BCUT2D eigenvalue weighted by Gasteiger charge is -2.06. The highest BCUT2D eigenvalue weighted by molar-refractivity contribution is 5.63. The van der Waals surface area contributed by atoms with Crippen LogP contribution in [-0.2, 0) is 4.74 Å². The second kappa shape index (κ2) is 6.06. The molecule has 0 amide bonds. The molecule has 0 aromatic heterocycles. The molecule has 0 bridgehead atoms. The Hall–Kier alpha value is -1.51. The van der Waals surface area contributed by atoms with Gasteiger partial charge in [-0.05, 0) is 24.5 Å². The molecular formula is C12H16O3. The Morgan fingerprint density at radius 2 is 1.93 bits per heavy atom. The second-order valence-corrected chi connectivity index (χ2v) is 3.70. The quantitative estimate of drug-likeness (QED) is 0.562. The maximum atomic E-state index is 11.1. The topological polar surface area (TPSA) is 35.5 Å². The smallest absolute Gasteiger partial charge is 0.434 e. The normalized spacial score (nSPS) is 10.1. The molecule has 1 aromatic carbocycles. The molecule has 0 heterocycles. The van der Waals surface area contributed by atoms with E-state index < -0.39 is 6.16 Å². The van der Waals surface area contributed by atoms with Crippen molar-refractivity contribution in [1.82, 2.24) is 0 Å². The van der Waals surface area contributed by atoms with Gasteiger partial charge in [-0.1, -0.05) is 32.0 Å². The van der Waals surface area contributed by atoms with Crippen LogP contribution in [0.2, 0.25) is 0 Å². The third kappa shape index (κ3) is 5.05. The van der Waals surface area contributed by atoms with Gasteiger partial charge in [0.1, 0.15) is 5.75 Å². The van der Waals surface area contributed by atoms with Crippen molar-refractivity contribution in [2.24, 2.45) is 5.92 Å². The fraction of sp³-hybridized carbons (Fsp3) is 0.417. The summed E-state index contributed by atoms with van der Waals surface area (Å²) in [6.07, 6.45) is 0.214. The summed E-state index contributed by atoms with van der Waals surface area (Å²) in [6, 6.07) is 8.89. The first kappa shape index (κ1) is 11.6. The van der Waals surface area contributed by atoms with Gasteiger partial charge >= 0.3 is 6.16 Å². The largest absolute Gasteiger partial charge is 0.513 e. The lowest BCUT2D eigenvalue weighted by Crippen LogP contribution is -2.12. The van der Waals surface area contributed by atoms with Crippen LogP contribution in [0.15, 0.2) is 30.3 Å². The number of benzene rings is 1. The van der Waals surface area contributed by atoms with Crippen molar-refractivity contribution in [3.8, 4) is 5.75 Å². The minimum Gasteiger partial charge on any atom is -0.434 e. The van der Waals surface area contributed by atoms with Crippen molar-refractivity contribution < 1.29 is 14.3 Å². The van der Waals surface area contributed by atoms with Crippen LogP contribution in [0.5, 0.6) is 5.75 Å². The molecule has 0 aliphatic rings. The molecule has 0 radical (unpaired) electrons. The van der Waals surface area contributed by atoms with E-state index in [0.717, 1.165) is 6.42 Å². The van der Waals surface area contributed by atoms with Crippen molar-refractivity contribution in [1.29, 1.82) is 0 Å². The molecular weight excluding hydrogens is 192 g/mol. The van der Waals surface area contributed by atoms with E-state index in [0.29, 0.717) is 18.3 Å². The minimum absolute atomic E-state index is 0.406. The van der Waals surface area contributed by atoms with Gasteiger partial charge in [-0.25, -0.2) is 4.79 Å². The fourth-order valence-corrected chi connectivity index (χ4v) is 0.992. The Balaban J connectivity index is 2.25. The summed E-state index contributed by atoms with van der Waals surface area (Å²) in [5, 5.41) is 0. The van der Waals surface area contributed by atoms with Gasteiger partial charge in [0, 0.05) is 0 Å². The number of ether oxygens (including phenoxy) is 2. The number of carbonyl (C=O) groups is 1. The van der Waals surface area contributed by atoms with Crippen molar-refractivity contribution >= 4 is 6.16 Å². The van der Waals surface area contributed by atoms with E-state index in [1.165, 1.54) is 0 Å². The van der Waals surface area contributed by atoms with Gasteiger partial charge in [0.05, 0.1) is 6.61 Å². The van der Waals surface area contributed by atoms with E-state index in [-0.39, 0.29) is 0 Å². The summed E-state index contributed by atoms with van der Waals surface area (Å²) in [5.41, 5.74) is 0. The number of hydrogen-bond acceptors (Lipinski definition) is 3. The summed E-state index contributed by atoms with van der Waals surface area (Å²) >= 11 is 0. The van der Waals surface area contributed by atoms with E-state index >= 15 is 0 Å². The Labute approximate surface area is 90.0 Å². The first-order valence-corrected chi connectivity index (χ1v) is 5.08. The molecule has 0 saturated heterocycles. The van der Waals surface area contributed by atoms with E-state index in [1.54, 1.807) is 24.3 Å². The van der Waals surface area contributed by atoms with Crippen molar-refractivity contribution in [3.63, 3.8) is 0 Å². The molecule has 0 fully saturated rings. The average molecular weight is 208 g/mol. The number of carbonyl (C=O) groups excluding carboxylic acids is 1. The Bertz CT molecular complexity index is 293. The summed E-state index contributed by atoms with van der Waals surface area (Å²) in [5.74, 6) is 1.03. The van der Waals surface area contributed by atoms with Crippen LogP contribution in [-0.4, -0.2) is 12.8 Å². The third-order valence-corrected chi connectivity index (χ3v) is 1.86. The summed E-state index contributed by atoms with van der Waals surface area (Å²) in [7, 11) is 0. The third-order valence-electron chi connectivity index (χ3n) is 1.86. The maximum absolute atomic E-state index is 11.1. The number of para-hydroxylation sites is 1. The molecule has 0 saturated carbocycles. The molecule has 0 spiro atoms. The lowest BCUT2D eigenvalue weighted by molar-refractivity contribution is 0.0949. The highest BCUT2D eigenvalue weighted by Gasteiger charge is 2.05. The summed E-state index contributed by atoms with van der Waals surface area (Å²) in [4.78, 5) is 11.1. The fourth-order valence-electron chi connectivity index (χ4n) is 0.992. The average Bonchev–Trinajstić information content (AvgIpc) is 2.18. The molecule has 82 valence electrons. The van der Waals surface area contributed by atoms with Gasteiger partial charge in [0.15, 0.2) is 0 Å². The predicted molar refractivity (Wildman–Crippen MR) is 57.9 cm³/mol. The van der Waals surface area contributed by atoms with Gasteiger partial charge < -0.3 is 9.47 Å². The lowest BCUT2D eigenvalue weighted by atomic mass is 10.1. The molecule has 1 rings (SSSR count). The zero-order valence-corrected chi connectivity index (χ0v) is 9.10. The van der Waals surface area contributed by atoms with Gasteiger partial charge in [-0.3, -0.25) is 0 Å². The predicted octanol–water partition coefficient (Wildman–Crippen LogP) is 3.25. The van der Waals surface area contributed by atoms with E-state index in [2.05, 4.69) is 13.8 Å². The van der Waals surface area contributed by atoms with Crippen molar-refractivity contribution in [3.05, 3.63) is 30.3 Å². The van der Waals surface area contributed by atoms with Crippen molar-refractivity contribution in [2.75, 3.05) is 6.61 Å². The van der Waals surface area contributed by atoms with Crippen LogP contribution < -0.4 is 4.74 Å². The molecule has 3 heteroatoms. The van der Waals surface area contributed by atoms with Crippen LogP contribution in [0.25, 0.3) is 0 Å². The number of rotatable bonds is 4.